The molecule has 4 nitrogen and oxygen atoms in total. The van der Waals surface area contributed by atoms with E-state index in [-0.39, 0.29) is 0 Å². The van der Waals surface area contributed by atoms with Crippen molar-refractivity contribution in [3.05, 3.63) is 77.6 Å². The Kier molecular flexibility index (Phi) is 5.37. The minimum absolute atomic E-state index is 0.371. The molecule has 4 rings (SSSR count). The Morgan fingerprint density at radius 1 is 1.07 bits per heavy atom. The van der Waals surface area contributed by atoms with E-state index in [1.54, 1.807) is 6.33 Å². The maximum atomic E-state index is 6.11. The highest BCUT2D eigenvalue weighted by Gasteiger charge is 2.30. The molecule has 1 fully saturated rings. The van der Waals surface area contributed by atoms with Crippen LogP contribution in [-0.2, 0) is 6.54 Å². The zero-order chi connectivity index (χ0) is 18.6. The summed E-state index contributed by atoms with van der Waals surface area (Å²) in [5, 5.41) is 4.32. The second-order valence-electron chi connectivity index (χ2n) is 7.04. The summed E-state index contributed by atoms with van der Waals surface area (Å²) in [7, 11) is 0. The van der Waals surface area contributed by atoms with Crippen LogP contribution in [0.5, 0.6) is 0 Å². The first-order valence-corrected chi connectivity index (χ1v) is 9.69. The molecule has 0 amide bonds. The van der Waals surface area contributed by atoms with Crippen LogP contribution in [0, 0.1) is 0 Å². The van der Waals surface area contributed by atoms with Gasteiger partial charge in [-0.2, -0.15) is 0 Å². The molecule has 3 aromatic rings. The molecule has 1 aliphatic heterocycles. The molecule has 1 aromatic heterocycles. The molecule has 0 saturated carbocycles. The molecule has 2 unspecified atom stereocenters. The first kappa shape index (κ1) is 18.0. The van der Waals surface area contributed by atoms with Gasteiger partial charge in [-0.05, 0) is 31.0 Å². The van der Waals surface area contributed by atoms with Crippen LogP contribution in [0.15, 0.2) is 67.0 Å². The predicted molar refractivity (Wildman–Crippen MR) is 111 cm³/mol. The summed E-state index contributed by atoms with van der Waals surface area (Å²) in [5.74, 6) is 0.860. The van der Waals surface area contributed by atoms with Gasteiger partial charge in [-0.3, -0.25) is 4.90 Å². The Morgan fingerprint density at radius 2 is 1.93 bits per heavy atom. The van der Waals surface area contributed by atoms with Gasteiger partial charge in [0, 0.05) is 41.8 Å². The molecule has 0 bridgehead atoms. The van der Waals surface area contributed by atoms with Gasteiger partial charge in [-0.25, -0.2) is 9.97 Å². The summed E-state index contributed by atoms with van der Waals surface area (Å²) in [6.07, 6.45) is 2.71. The Labute approximate surface area is 165 Å². The van der Waals surface area contributed by atoms with Crippen molar-refractivity contribution in [1.82, 2.24) is 14.9 Å². The van der Waals surface area contributed by atoms with Gasteiger partial charge in [0.2, 0.25) is 0 Å². The van der Waals surface area contributed by atoms with E-state index >= 15 is 0 Å². The fourth-order valence-electron chi connectivity index (χ4n) is 3.67. The van der Waals surface area contributed by atoms with Gasteiger partial charge in [0.25, 0.3) is 0 Å². The lowest BCUT2D eigenvalue weighted by Gasteiger charge is -2.25. The third-order valence-corrected chi connectivity index (χ3v) is 5.47. The normalized spacial score (nSPS) is 19.9. The summed E-state index contributed by atoms with van der Waals surface area (Å²) >= 11 is 6.11. The molecule has 138 valence electrons. The average Bonchev–Trinajstić information content (AvgIpc) is 3.02. The quantitative estimate of drug-likeness (QED) is 0.687. The monoisotopic (exact) mass is 378 g/mol. The molecule has 0 aliphatic carbocycles. The summed E-state index contributed by atoms with van der Waals surface area (Å²) in [6.45, 7) is 4.35. The highest BCUT2D eigenvalue weighted by Crippen LogP contribution is 2.25. The minimum Gasteiger partial charge on any atom is -0.366 e. The molecule has 2 aromatic carbocycles. The van der Waals surface area contributed by atoms with E-state index in [9.17, 15) is 0 Å². The van der Waals surface area contributed by atoms with Gasteiger partial charge in [-0.1, -0.05) is 54.1 Å². The second-order valence-corrected chi connectivity index (χ2v) is 7.47. The highest BCUT2D eigenvalue weighted by atomic mass is 35.5. The molecule has 1 aliphatic rings. The van der Waals surface area contributed by atoms with E-state index < -0.39 is 0 Å². The van der Waals surface area contributed by atoms with E-state index in [0.717, 1.165) is 36.6 Å². The molecular formula is C22H23ClN4. The van der Waals surface area contributed by atoms with Crippen molar-refractivity contribution < 1.29 is 0 Å². The highest BCUT2D eigenvalue weighted by molar-refractivity contribution is 6.30. The number of rotatable bonds is 5. The Hall–Kier alpha value is -2.43. The van der Waals surface area contributed by atoms with Crippen molar-refractivity contribution >= 4 is 17.4 Å². The number of likely N-dealkylation sites (tertiary alicyclic amines) is 1. The van der Waals surface area contributed by atoms with Crippen molar-refractivity contribution in [2.24, 2.45) is 0 Å². The molecule has 1 saturated heterocycles. The van der Waals surface area contributed by atoms with Crippen LogP contribution >= 0.6 is 11.6 Å². The number of anilines is 1. The van der Waals surface area contributed by atoms with E-state index in [2.05, 4.69) is 57.4 Å². The predicted octanol–water partition coefficient (Wildman–Crippen LogP) is 4.87. The van der Waals surface area contributed by atoms with Crippen LogP contribution in [0.25, 0.3) is 11.3 Å². The number of hydrogen-bond donors (Lipinski definition) is 1. The first-order chi connectivity index (χ1) is 13.2. The number of aromatic nitrogens is 2. The number of nitrogens with zero attached hydrogens (tertiary/aromatic N) is 3. The fraction of sp³-hybridized carbons (Fsp3) is 0.273. The summed E-state index contributed by atoms with van der Waals surface area (Å²) in [5.41, 5.74) is 3.23. The standard InChI is InChI=1S/C22H23ClN4/c1-16-20(10-11-27(16)14-17-6-3-2-4-7-17)26-22-13-21(24-15-25-22)18-8-5-9-19(23)12-18/h2-9,12-13,15-16,20H,10-11,14H2,1H3,(H,24,25,26). The molecule has 2 atom stereocenters. The van der Waals surface area contributed by atoms with Crippen molar-refractivity contribution in [3.8, 4) is 11.3 Å². The Bertz CT molecular complexity index is 900. The Balaban J connectivity index is 1.44. The van der Waals surface area contributed by atoms with E-state index in [0.29, 0.717) is 17.1 Å². The van der Waals surface area contributed by atoms with Gasteiger partial charge < -0.3 is 5.32 Å². The maximum absolute atomic E-state index is 6.11. The van der Waals surface area contributed by atoms with E-state index in [1.165, 1.54) is 5.56 Å². The number of nitrogens with one attached hydrogen (secondary N) is 1. The minimum atomic E-state index is 0.371. The molecule has 0 spiro atoms. The molecule has 1 N–H and O–H groups in total. The van der Waals surface area contributed by atoms with Gasteiger partial charge in [0.05, 0.1) is 5.69 Å². The fourth-order valence-corrected chi connectivity index (χ4v) is 3.86. The van der Waals surface area contributed by atoms with Crippen LogP contribution in [-0.4, -0.2) is 33.5 Å². The van der Waals surface area contributed by atoms with Crippen LogP contribution < -0.4 is 5.32 Å². The lowest BCUT2D eigenvalue weighted by atomic mass is 10.1. The average molecular weight is 379 g/mol. The second kappa shape index (κ2) is 8.07. The number of halogens is 1. The maximum Gasteiger partial charge on any atom is 0.130 e. The van der Waals surface area contributed by atoms with E-state index in [1.807, 2.05) is 30.3 Å². The summed E-state index contributed by atoms with van der Waals surface area (Å²) in [4.78, 5) is 11.3. The van der Waals surface area contributed by atoms with Gasteiger partial charge >= 0.3 is 0 Å². The van der Waals surface area contributed by atoms with Crippen LogP contribution in [0.2, 0.25) is 5.02 Å². The molecular weight excluding hydrogens is 356 g/mol. The topological polar surface area (TPSA) is 41.1 Å². The van der Waals surface area contributed by atoms with Crippen molar-refractivity contribution in [2.45, 2.75) is 32.0 Å². The van der Waals surface area contributed by atoms with Gasteiger partial charge in [0.15, 0.2) is 0 Å². The lowest BCUT2D eigenvalue weighted by molar-refractivity contribution is 0.255. The number of hydrogen-bond acceptors (Lipinski definition) is 4. The molecule has 5 heteroatoms. The van der Waals surface area contributed by atoms with Gasteiger partial charge in [0.1, 0.15) is 12.1 Å². The lowest BCUT2D eigenvalue weighted by Crippen LogP contribution is -2.36. The summed E-state index contributed by atoms with van der Waals surface area (Å²) in [6, 6.07) is 21.2. The molecule has 2 heterocycles. The van der Waals surface area contributed by atoms with Gasteiger partial charge in [-0.15, -0.1) is 0 Å². The zero-order valence-corrected chi connectivity index (χ0v) is 16.1. The van der Waals surface area contributed by atoms with Crippen molar-refractivity contribution in [2.75, 3.05) is 11.9 Å². The molecule has 27 heavy (non-hydrogen) atoms. The molecule has 0 radical (unpaired) electrons. The largest absolute Gasteiger partial charge is 0.366 e. The third-order valence-electron chi connectivity index (χ3n) is 5.23. The third kappa shape index (κ3) is 4.29. The smallest absolute Gasteiger partial charge is 0.130 e. The van der Waals surface area contributed by atoms with E-state index in [4.69, 9.17) is 11.6 Å². The van der Waals surface area contributed by atoms with Crippen molar-refractivity contribution in [1.29, 1.82) is 0 Å². The summed E-state index contributed by atoms with van der Waals surface area (Å²) < 4.78 is 0. The van der Waals surface area contributed by atoms with Crippen LogP contribution in [0.3, 0.4) is 0 Å². The van der Waals surface area contributed by atoms with Crippen LogP contribution in [0.4, 0.5) is 5.82 Å². The van der Waals surface area contributed by atoms with Crippen LogP contribution in [0.1, 0.15) is 18.9 Å². The first-order valence-electron chi connectivity index (χ1n) is 9.31. The SMILES string of the molecule is CC1C(Nc2cc(-c3cccc(Cl)c3)ncn2)CCN1Cc1ccccc1. The number of benzene rings is 2. The zero-order valence-electron chi connectivity index (χ0n) is 15.3. The van der Waals surface area contributed by atoms with Crippen molar-refractivity contribution in [3.63, 3.8) is 0 Å². The Morgan fingerprint density at radius 3 is 2.74 bits per heavy atom.